The topological polar surface area (TPSA) is 45.7 Å². The lowest BCUT2D eigenvalue weighted by atomic mass is 9.98. The van der Waals surface area contributed by atoms with E-state index in [1.807, 2.05) is 66.7 Å². The molecule has 3 nitrogen and oxygen atoms in total. The van der Waals surface area contributed by atoms with Crippen molar-refractivity contribution in [3.63, 3.8) is 0 Å². The van der Waals surface area contributed by atoms with Gasteiger partial charge < -0.3 is 10.6 Å². The van der Waals surface area contributed by atoms with Gasteiger partial charge in [-0.2, -0.15) is 0 Å². The lowest BCUT2D eigenvalue weighted by Gasteiger charge is -2.17. The van der Waals surface area contributed by atoms with Gasteiger partial charge in [-0.1, -0.05) is 91.0 Å². The molecule has 0 saturated heterocycles. The number of quaternary nitrogens is 1. The number of hydrogen-bond acceptors (Lipinski definition) is 1. The number of hydrogen-bond donors (Lipinski definition) is 2. The van der Waals surface area contributed by atoms with Gasteiger partial charge in [-0.25, -0.2) is 0 Å². The van der Waals surface area contributed by atoms with Crippen LogP contribution in [0.4, 0.5) is 5.69 Å². The Kier molecular flexibility index (Phi) is 6.33. The van der Waals surface area contributed by atoms with E-state index in [0.717, 1.165) is 12.2 Å². The molecule has 4 aromatic carbocycles. The van der Waals surface area contributed by atoms with Crippen LogP contribution >= 0.6 is 0 Å². The van der Waals surface area contributed by atoms with Crippen LogP contribution in [0.15, 0.2) is 115 Å². The molecule has 0 radical (unpaired) electrons. The van der Waals surface area contributed by atoms with Gasteiger partial charge in [0.1, 0.15) is 12.6 Å². The van der Waals surface area contributed by atoms with Gasteiger partial charge in [0.05, 0.1) is 0 Å². The predicted octanol–water partition coefficient (Wildman–Crippen LogP) is 4.79. The normalized spacial score (nSPS) is 10.7. The van der Waals surface area contributed by atoms with E-state index in [9.17, 15) is 4.79 Å². The molecular weight excluding hydrogens is 368 g/mol. The highest BCUT2D eigenvalue weighted by atomic mass is 16.1. The van der Waals surface area contributed by atoms with Gasteiger partial charge in [0, 0.05) is 27.9 Å². The van der Waals surface area contributed by atoms with E-state index in [1.54, 1.807) is 0 Å². The average Bonchev–Trinajstić information content (AvgIpc) is 2.82. The van der Waals surface area contributed by atoms with Gasteiger partial charge >= 0.3 is 0 Å². The molecule has 0 fully saturated rings. The molecule has 0 unspecified atom stereocenters. The number of para-hydroxylation sites is 1. The standard InChI is InChI=1S/C27H24N2O/c30-27(29-25-14-8-3-9-15-25)24-18-16-21(17-19-24)20-28-26(22-10-4-1-5-11-22)23-12-6-2-7-13-23/h1-19,26,28H,20H2,(H,29,30)/p+1. The molecule has 0 aliphatic carbocycles. The van der Waals surface area contributed by atoms with E-state index in [0.29, 0.717) is 5.56 Å². The third kappa shape index (κ3) is 5.02. The van der Waals surface area contributed by atoms with E-state index in [4.69, 9.17) is 0 Å². The summed E-state index contributed by atoms with van der Waals surface area (Å²) >= 11 is 0. The number of amides is 1. The highest BCUT2D eigenvalue weighted by Gasteiger charge is 2.17. The van der Waals surface area contributed by atoms with Crippen molar-refractivity contribution in [1.29, 1.82) is 0 Å². The van der Waals surface area contributed by atoms with Crippen LogP contribution in [0.3, 0.4) is 0 Å². The summed E-state index contributed by atoms with van der Waals surface area (Å²) in [7, 11) is 0. The molecule has 0 aliphatic rings. The van der Waals surface area contributed by atoms with Crippen molar-refractivity contribution in [3.8, 4) is 0 Å². The Morgan fingerprint density at radius 2 is 1.17 bits per heavy atom. The highest BCUT2D eigenvalue weighted by Crippen LogP contribution is 2.18. The van der Waals surface area contributed by atoms with Crippen LogP contribution in [-0.2, 0) is 6.54 Å². The summed E-state index contributed by atoms with van der Waals surface area (Å²) in [5, 5.41) is 5.26. The zero-order valence-corrected chi connectivity index (χ0v) is 16.7. The summed E-state index contributed by atoms with van der Waals surface area (Å²) in [6.07, 6.45) is 0. The van der Waals surface area contributed by atoms with Gasteiger partial charge in [-0.05, 0) is 24.3 Å². The summed E-state index contributed by atoms with van der Waals surface area (Å²) in [6, 6.07) is 38.7. The van der Waals surface area contributed by atoms with E-state index in [-0.39, 0.29) is 11.9 Å². The molecule has 4 rings (SSSR count). The molecule has 3 N–H and O–H groups in total. The van der Waals surface area contributed by atoms with Crippen LogP contribution in [0.2, 0.25) is 0 Å². The second-order valence-corrected chi connectivity index (χ2v) is 7.26. The first-order valence-electron chi connectivity index (χ1n) is 10.2. The lowest BCUT2D eigenvalue weighted by molar-refractivity contribution is -0.702. The summed E-state index contributed by atoms with van der Waals surface area (Å²) in [5.41, 5.74) is 5.20. The highest BCUT2D eigenvalue weighted by molar-refractivity contribution is 6.04. The molecule has 0 saturated carbocycles. The number of carbonyl (C=O) groups excluding carboxylic acids is 1. The molecular formula is C27H25N2O+. The predicted molar refractivity (Wildman–Crippen MR) is 121 cm³/mol. The number of carbonyl (C=O) groups is 1. The van der Waals surface area contributed by atoms with E-state index in [2.05, 4.69) is 59.2 Å². The van der Waals surface area contributed by atoms with Gasteiger partial charge in [0.15, 0.2) is 0 Å². The molecule has 30 heavy (non-hydrogen) atoms. The Hall–Kier alpha value is -3.69. The van der Waals surface area contributed by atoms with E-state index >= 15 is 0 Å². The molecule has 0 bridgehead atoms. The fourth-order valence-electron chi connectivity index (χ4n) is 3.56. The van der Waals surface area contributed by atoms with Crippen LogP contribution in [-0.4, -0.2) is 5.91 Å². The van der Waals surface area contributed by atoms with Crippen LogP contribution in [0.25, 0.3) is 0 Å². The maximum absolute atomic E-state index is 12.4. The van der Waals surface area contributed by atoms with Crippen molar-refractivity contribution in [2.45, 2.75) is 12.6 Å². The first kappa shape index (κ1) is 19.6. The third-order valence-electron chi connectivity index (χ3n) is 5.15. The largest absolute Gasteiger partial charge is 0.333 e. The summed E-state index contributed by atoms with van der Waals surface area (Å²) in [5.74, 6) is -0.0943. The lowest BCUT2D eigenvalue weighted by Crippen LogP contribution is -2.83. The van der Waals surface area contributed by atoms with Crippen molar-refractivity contribution >= 4 is 11.6 Å². The molecule has 0 heterocycles. The van der Waals surface area contributed by atoms with Crippen LogP contribution in [0.5, 0.6) is 0 Å². The third-order valence-corrected chi connectivity index (χ3v) is 5.15. The first-order chi connectivity index (χ1) is 14.8. The number of benzene rings is 4. The minimum absolute atomic E-state index is 0.0943. The molecule has 148 valence electrons. The fraction of sp³-hybridized carbons (Fsp3) is 0.0741. The molecule has 0 atom stereocenters. The zero-order valence-electron chi connectivity index (χ0n) is 16.7. The van der Waals surface area contributed by atoms with Gasteiger partial charge in [-0.3, -0.25) is 4.79 Å². The minimum Gasteiger partial charge on any atom is -0.333 e. The Balaban J connectivity index is 1.44. The van der Waals surface area contributed by atoms with E-state index in [1.165, 1.54) is 16.7 Å². The SMILES string of the molecule is O=C(Nc1ccccc1)c1ccc(C[NH2+]C(c2ccccc2)c2ccccc2)cc1. The second-order valence-electron chi connectivity index (χ2n) is 7.26. The smallest absolute Gasteiger partial charge is 0.255 e. The number of anilines is 1. The maximum atomic E-state index is 12.4. The Morgan fingerprint density at radius 1 is 0.667 bits per heavy atom. The van der Waals surface area contributed by atoms with Gasteiger partial charge in [-0.15, -0.1) is 0 Å². The molecule has 4 aromatic rings. The number of nitrogens with one attached hydrogen (secondary N) is 1. The first-order valence-corrected chi connectivity index (χ1v) is 10.2. The number of nitrogens with two attached hydrogens (primary N) is 1. The Labute approximate surface area is 177 Å². The van der Waals surface area contributed by atoms with Gasteiger partial charge in [0.25, 0.3) is 5.91 Å². The Morgan fingerprint density at radius 3 is 1.70 bits per heavy atom. The Bertz CT molecular complexity index is 1020. The van der Waals surface area contributed by atoms with Crippen molar-refractivity contribution in [3.05, 3.63) is 138 Å². The quantitative estimate of drug-likeness (QED) is 0.466. The number of rotatable bonds is 7. The second kappa shape index (κ2) is 9.68. The summed E-state index contributed by atoms with van der Waals surface area (Å²) in [4.78, 5) is 12.4. The van der Waals surface area contributed by atoms with Crippen molar-refractivity contribution in [2.75, 3.05) is 5.32 Å². The van der Waals surface area contributed by atoms with E-state index < -0.39 is 0 Å². The fourth-order valence-corrected chi connectivity index (χ4v) is 3.56. The van der Waals surface area contributed by atoms with Crippen LogP contribution in [0.1, 0.15) is 33.1 Å². The van der Waals surface area contributed by atoms with Gasteiger partial charge in [0.2, 0.25) is 0 Å². The van der Waals surface area contributed by atoms with Crippen molar-refractivity contribution in [2.24, 2.45) is 0 Å². The molecule has 1 amide bonds. The maximum Gasteiger partial charge on any atom is 0.255 e. The average molecular weight is 394 g/mol. The summed E-state index contributed by atoms with van der Waals surface area (Å²) < 4.78 is 0. The molecule has 0 aliphatic heterocycles. The molecule has 3 heteroatoms. The van der Waals surface area contributed by atoms with Crippen molar-refractivity contribution < 1.29 is 10.1 Å². The zero-order chi connectivity index (χ0) is 20.6. The minimum atomic E-state index is -0.0943. The monoisotopic (exact) mass is 393 g/mol. The molecule has 0 aromatic heterocycles. The molecule has 0 spiro atoms. The van der Waals surface area contributed by atoms with Crippen LogP contribution in [0, 0.1) is 0 Å². The van der Waals surface area contributed by atoms with Crippen LogP contribution < -0.4 is 10.6 Å². The summed E-state index contributed by atoms with van der Waals surface area (Å²) in [6.45, 7) is 0.828. The van der Waals surface area contributed by atoms with Crippen molar-refractivity contribution in [1.82, 2.24) is 0 Å².